The summed E-state index contributed by atoms with van der Waals surface area (Å²) in [5, 5.41) is 9.18. The summed E-state index contributed by atoms with van der Waals surface area (Å²) >= 11 is 1.23. The van der Waals surface area contributed by atoms with Crippen LogP contribution in [0, 0.1) is 6.92 Å². The largest absolute Gasteiger partial charge is 0.396 e. The van der Waals surface area contributed by atoms with Crippen molar-refractivity contribution in [1.29, 1.82) is 0 Å². The number of hydrogen-bond acceptors (Lipinski definition) is 4. The highest BCUT2D eigenvalue weighted by atomic mass is 32.2. The lowest BCUT2D eigenvalue weighted by molar-refractivity contribution is -0.119. The quantitative estimate of drug-likeness (QED) is 0.765. The van der Waals surface area contributed by atoms with Crippen molar-refractivity contribution in [3.05, 3.63) is 70.1 Å². The Bertz CT molecular complexity index is 883. The fraction of sp³-hybridized carbons (Fsp3) is 0.273. The molecule has 2 aromatic rings. The van der Waals surface area contributed by atoms with E-state index in [1.165, 1.54) is 16.7 Å². The van der Waals surface area contributed by atoms with E-state index < -0.39 is 0 Å². The number of anilines is 1. The molecule has 3 rings (SSSR count). The summed E-state index contributed by atoms with van der Waals surface area (Å²) in [7, 11) is 0. The van der Waals surface area contributed by atoms with Gasteiger partial charge >= 0.3 is 0 Å². The number of thioether (sulfide) groups is 1. The van der Waals surface area contributed by atoms with E-state index in [1.807, 2.05) is 55.5 Å². The van der Waals surface area contributed by atoms with Crippen molar-refractivity contribution in [2.24, 2.45) is 0 Å². The Hall–Kier alpha value is -2.37. The SMILES string of the molecule is Cc1ccc(C2=C(SCCO)C(=O)N(c3ccc(C(C)C)cc3)C2=O)cc1. The van der Waals surface area contributed by atoms with Gasteiger partial charge in [0.1, 0.15) is 0 Å². The van der Waals surface area contributed by atoms with Crippen LogP contribution in [0.15, 0.2) is 53.4 Å². The van der Waals surface area contributed by atoms with Crippen LogP contribution in [0.25, 0.3) is 5.57 Å². The summed E-state index contributed by atoms with van der Waals surface area (Å²) in [6, 6.07) is 15.1. The number of rotatable bonds is 6. The highest BCUT2D eigenvalue weighted by molar-refractivity contribution is 8.04. The minimum atomic E-state index is -0.327. The van der Waals surface area contributed by atoms with Gasteiger partial charge in [-0.15, -0.1) is 11.8 Å². The molecule has 0 aromatic heterocycles. The molecule has 0 atom stereocenters. The van der Waals surface area contributed by atoms with Crippen LogP contribution in [0.1, 0.15) is 36.5 Å². The van der Waals surface area contributed by atoms with Crippen LogP contribution in [0.3, 0.4) is 0 Å². The number of aryl methyl sites for hydroxylation is 1. The topological polar surface area (TPSA) is 57.6 Å². The van der Waals surface area contributed by atoms with E-state index in [9.17, 15) is 14.7 Å². The van der Waals surface area contributed by atoms with Gasteiger partial charge in [-0.1, -0.05) is 55.8 Å². The number of benzene rings is 2. The van der Waals surface area contributed by atoms with Gasteiger partial charge in [-0.25, -0.2) is 4.90 Å². The highest BCUT2D eigenvalue weighted by Gasteiger charge is 2.40. The summed E-state index contributed by atoms with van der Waals surface area (Å²) in [5.41, 5.74) is 3.94. The van der Waals surface area contributed by atoms with E-state index in [2.05, 4.69) is 13.8 Å². The average Bonchev–Trinajstić information content (AvgIpc) is 2.90. The molecule has 1 aliphatic rings. The van der Waals surface area contributed by atoms with E-state index in [0.717, 1.165) is 16.7 Å². The number of hydrogen-bond donors (Lipinski definition) is 1. The molecule has 0 saturated heterocycles. The molecule has 0 fully saturated rings. The van der Waals surface area contributed by atoms with E-state index in [1.54, 1.807) is 0 Å². The van der Waals surface area contributed by atoms with Crippen molar-refractivity contribution in [2.45, 2.75) is 26.7 Å². The monoisotopic (exact) mass is 381 g/mol. The molecule has 0 bridgehead atoms. The standard InChI is InChI=1S/C22H23NO3S/c1-14(2)16-8-10-18(11-9-16)23-21(25)19(17-6-4-15(3)5-7-17)20(22(23)26)27-13-12-24/h4-11,14,24H,12-13H2,1-3H3. The average molecular weight is 381 g/mol. The number of nitrogens with zero attached hydrogens (tertiary/aromatic N) is 1. The zero-order valence-electron chi connectivity index (χ0n) is 15.7. The first kappa shape index (κ1) is 19.4. The van der Waals surface area contributed by atoms with Crippen molar-refractivity contribution in [3.8, 4) is 0 Å². The van der Waals surface area contributed by atoms with Crippen LogP contribution in [0.2, 0.25) is 0 Å². The number of imide groups is 1. The molecular weight excluding hydrogens is 358 g/mol. The summed E-state index contributed by atoms with van der Waals surface area (Å²) < 4.78 is 0. The molecule has 27 heavy (non-hydrogen) atoms. The predicted molar refractivity (Wildman–Crippen MR) is 111 cm³/mol. The Balaban J connectivity index is 2.01. The fourth-order valence-electron chi connectivity index (χ4n) is 3.01. The van der Waals surface area contributed by atoms with Crippen LogP contribution in [0.4, 0.5) is 5.69 Å². The third-order valence-electron chi connectivity index (χ3n) is 4.54. The molecule has 0 spiro atoms. The van der Waals surface area contributed by atoms with E-state index in [4.69, 9.17) is 0 Å². The van der Waals surface area contributed by atoms with Crippen LogP contribution in [-0.4, -0.2) is 29.3 Å². The fourth-order valence-corrected chi connectivity index (χ4v) is 3.87. The molecule has 4 nitrogen and oxygen atoms in total. The Morgan fingerprint density at radius 3 is 2.15 bits per heavy atom. The first-order valence-corrected chi connectivity index (χ1v) is 9.96. The molecule has 140 valence electrons. The third-order valence-corrected chi connectivity index (χ3v) is 5.59. The smallest absolute Gasteiger partial charge is 0.272 e. The van der Waals surface area contributed by atoms with Crippen LogP contribution >= 0.6 is 11.8 Å². The summed E-state index contributed by atoms with van der Waals surface area (Å²) in [4.78, 5) is 27.8. The van der Waals surface area contributed by atoms with Crippen molar-refractivity contribution in [3.63, 3.8) is 0 Å². The second kappa shape index (κ2) is 8.11. The maximum atomic E-state index is 13.2. The van der Waals surface area contributed by atoms with Gasteiger partial charge in [0.2, 0.25) is 0 Å². The minimum absolute atomic E-state index is 0.0557. The summed E-state index contributed by atoms with van der Waals surface area (Å²) in [6.45, 7) is 6.12. The number of aliphatic hydroxyl groups is 1. The van der Waals surface area contributed by atoms with Gasteiger partial charge in [0.15, 0.2) is 0 Å². The van der Waals surface area contributed by atoms with Crippen molar-refractivity contribution in [1.82, 2.24) is 0 Å². The van der Waals surface area contributed by atoms with Crippen molar-refractivity contribution in [2.75, 3.05) is 17.3 Å². The zero-order chi connectivity index (χ0) is 19.6. The molecular formula is C22H23NO3S. The molecule has 1 N–H and O–H groups in total. The molecule has 0 saturated carbocycles. The second-order valence-electron chi connectivity index (χ2n) is 6.83. The molecule has 1 aliphatic heterocycles. The Kier molecular flexibility index (Phi) is 5.82. The van der Waals surface area contributed by atoms with Crippen LogP contribution in [0.5, 0.6) is 0 Å². The number of carbonyl (C=O) groups is 2. The van der Waals surface area contributed by atoms with Crippen LogP contribution < -0.4 is 4.90 Å². The molecule has 2 amide bonds. The molecule has 2 aromatic carbocycles. The predicted octanol–water partition coefficient (Wildman–Crippen LogP) is 4.13. The maximum Gasteiger partial charge on any atom is 0.272 e. The van der Waals surface area contributed by atoms with E-state index in [-0.39, 0.29) is 18.4 Å². The zero-order valence-corrected chi connectivity index (χ0v) is 16.5. The van der Waals surface area contributed by atoms with E-state index >= 15 is 0 Å². The molecule has 5 heteroatoms. The third kappa shape index (κ3) is 3.84. The number of amides is 2. The minimum Gasteiger partial charge on any atom is -0.396 e. The molecule has 0 aliphatic carbocycles. The van der Waals surface area contributed by atoms with Gasteiger partial charge in [0.05, 0.1) is 22.8 Å². The lowest BCUT2D eigenvalue weighted by atomic mass is 10.0. The first-order valence-electron chi connectivity index (χ1n) is 8.97. The normalized spacial score (nSPS) is 14.6. The summed E-state index contributed by atoms with van der Waals surface area (Å²) in [6.07, 6.45) is 0. The lowest BCUT2D eigenvalue weighted by Gasteiger charge is -2.16. The number of carbonyl (C=O) groups excluding carboxylic acids is 2. The first-order chi connectivity index (χ1) is 12.9. The highest BCUT2D eigenvalue weighted by Crippen LogP contribution is 2.38. The molecule has 1 heterocycles. The lowest BCUT2D eigenvalue weighted by Crippen LogP contribution is -2.31. The van der Waals surface area contributed by atoms with Crippen molar-refractivity contribution >= 4 is 34.8 Å². The van der Waals surface area contributed by atoms with Crippen molar-refractivity contribution < 1.29 is 14.7 Å². The van der Waals surface area contributed by atoms with Crippen LogP contribution in [-0.2, 0) is 9.59 Å². The molecule has 0 radical (unpaired) electrons. The maximum absolute atomic E-state index is 13.2. The molecule has 0 unspecified atom stereocenters. The van der Waals surface area contributed by atoms with E-state index in [0.29, 0.717) is 27.8 Å². The van der Waals surface area contributed by atoms with Gasteiger partial charge in [-0.05, 0) is 36.1 Å². The van der Waals surface area contributed by atoms with Gasteiger partial charge in [0, 0.05) is 5.75 Å². The second-order valence-corrected chi connectivity index (χ2v) is 7.94. The Morgan fingerprint density at radius 2 is 1.59 bits per heavy atom. The van der Waals surface area contributed by atoms with Gasteiger partial charge in [-0.3, -0.25) is 9.59 Å². The van der Waals surface area contributed by atoms with Gasteiger partial charge < -0.3 is 5.11 Å². The van der Waals surface area contributed by atoms with Gasteiger partial charge in [-0.2, -0.15) is 0 Å². The Morgan fingerprint density at radius 1 is 0.963 bits per heavy atom. The summed E-state index contributed by atoms with van der Waals surface area (Å²) in [5.74, 6) is 0.0953. The van der Waals surface area contributed by atoms with Gasteiger partial charge in [0.25, 0.3) is 11.8 Å². The Labute approximate surface area is 163 Å². The number of aliphatic hydroxyl groups excluding tert-OH is 1.